The average molecular weight is 569 g/mol. The van der Waals surface area contributed by atoms with Gasteiger partial charge in [0.15, 0.2) is 15.7 Å². The van der Waals surface area contributed by atoms with Crippen LogP contribution < -0.4 is 15.5 Å². The number of hydrogen-bond acceptors (Lipinski definition) is 6. The molecule has 2 aromatic rings. The molecule has 2 amide bonds. The Morgan fingerprint density at radius 2 is 1.82 bits per heavy atom. The predicted molar refractivity (Wildman–Crippen MR) is 142 cm³/mol. The monoisotopic (exact) mass is 568 g/mol. The topological polar surface area (TPSA) is 108 Å². The minimum Gasteiger partial charge on any atom is -0.355 e. The lowest BCUT2D eigenvalue weighted by Crippen LogP contribution is -2.42. The molecule has 0 atom stereocenters. The van der Waals surface area contributed by atoms with Crippen LogP contribution in [0.2, 0.25) is 5.02 Å². The molecule has 1 aromatic heterocycles. The molecule has 12 heteroatoms. The zero-order valence-electron chi connectivity index (χ0n) is 21.1. The number of carbonyl (C=O) groups is 2. The van der Waals surface area contributed by atoms with Gasteiger partial charge in [0.25, 0.3) is 5.91 Å². The Labute approximate surface area is 226 Å². The zero-order valence-corrected chi connectivity index (χ0v) is 22.6. The molecule has 206 valence electrons. The molecule has 2 N–H and O–H groups in total. The summed E-state index contributed by atoms with van der Waals surface area (Å²) in [5, 5.41) is 6.08. The van der Waals surface area contributed by atoms with Gasteiger partial charge in [-0.1, -0.05) is 17.7 Å². The number of amides is 2. The van der Waals surface area contributed by atoms with Crippen LogP contribution in [0.4, 0.5) is 20.3 Å². The van der Waals surface area contributed by atoms with Gasteiger partial charge in [-0.15, -0.1) is 0 Å². The third-order valence-corrected chi connectivity index (χ3v) is 8.39. The van der Waals surface area contributed by atoms with Crippen molar-refractivity contribution < 1.29 is 26.8 Å². The number of aromatic nitrogens is 1. The summed E-state index contributed by atoms with van der Waals surface area (Å²) in [7, 11) is -3.56. The van der Waals surface area contributed by atoms with Crippen molar-refractivity contribution in [1.82, 2.24) is 10.3 Å². The van der Waals surface area contributed by atoms with E-state index in [9.17, 15) is 26.8 Å². The third kappa shape index (κ3) is 7.41. The summed E-state index contributed by atoms with van der Waals surface area (Å²) in [5.41, 5.74) is 0.586. The van der Waals surface area contributed by atoms with E-state index in [0.29, 0.717) is 48.8 Å². The number of nitrogens with one attached hydrogen (secondary N) is 2. The van der Waals surface area contributed by atoms with Crippen molar-refractivity contribution in [3.8, 4) is 0 Å². The second-order valence-electron chi connectivity index (χ2n) is 10.1. The van der Waals surface area contributed by atoms with Gasteiger partial charge >= 0.3 is 0 Å². The molecule has 2 heterocycles. The number of carbonyl (C=O) groups excluding carboxylic acids is 2. The summed E-state index contributed by atoms with van der Waals surface area (Å²) in [6.07, 6.45) is 4.22. The lowest BCUT2D eigenvalue weighted by atomic mass is 9.90. The molecular formula is C26H31ClF2N4O4S. The Balaban J connectivity index is 1.40. The summed E-state index contributed by atoms with van der Waals surface area (Å²) in [6.45, 7) is 1.11. The number of sulfone groups is 1. The fourth-order valence-electron chi connectivity index (χ4n) is 4.89. The van der Waals surface area contributed by atoms with Crippen molar-refractivity contribution in [3.63, 3.8) is 0 Å². The molecule has 1 aromatic carbocycles. The molecule has 2 aliphatic rings. The Kier molecular flexibility index (Phi) is 8.56. The van der Waals surface area contributed by atoms with E-state index in [1.54, 1.807) is 18.2 Å². The second-order valence-corrected chi connectivity index (χ2v) is 12.6. The molecular weight excluding hydrogens is 538 g/mol. The predicted octanol–water partition coefficient (Wildman–Crippen LogP) is 4.69. The normalized spacial score (nSPS) is 18.7. The summed E-state index contributed by atoms with van der Waals surface area (Å²) in [4.78, 5) is 31.7. The van der Waals surface area contributed by atoms with E-state index >= 15 is 0 Å². The average Bonchev–Trinajstić information content (AvgIpc) is 2.85. The van der Waals surface area contributed by atoms with E-state index < -0.39 is 21.7 Å². The molecule has 0 radical (unpaired) electrons. The van der Waals surface area contributed by atoms with Crippen LogP contribution >= 0.6 is 11.6 Å². The fourth-order valence-corrected chi connectivity index (χ4v) is 5.66. The first-order valence-electron chi connectivity index (χ1n) is 12.6. The van der Waals surface area contributed by atoms with Crippen LogP contribution in [0.1, 0.15) is 55.3 Å². The zero-order chi connectivity index (χ0) is 27.5. The maximum atomic E-state index is 13.4. The van der Waals surface area contributed by atoms with Crippen LogP contribution in [-0.4, -0.2) is 56.5 Å². The number of rotatable bonds is 7. The highest BCUT2D eigenvalue weighted by molar-refractivity contribution is 7.90. The Morgan fingerprint density at radius 3 is 2.45 bits per heavy atom. The molecule has 0 spiro atoms. The SMILES string of the molecule is CS(=O)(=O)c1cnc(N2CCC(CC(=O)NC3CCC(F)(F)CC3)CC2)c(NC(=O)c2cccc(Cl)c2)c1. The highest BCUT2D eigenvalue weighted by Crippen LogP contribution is 2.34. The lowest BCUT2D eigenvalue weighted by molar-refractivity contribution is -0.124. The Bertz CT molecular complexity index is 1290. The number of halogens is 3. The van der Waals surface area contributed by atoms with Crippen LogP contribution in [0.25, 0.3) is 0 Å². The Hall–Kier alpha value is -2.79. The number of alkyl halides is 2. The van der Waals surface area contributed by atoms with Crippen LogP contribution in [0.15, 0.2) is 41.4 Å². The molecule has 1 aliphatic heterocycles. The number of benzene rings is 1. The van der Waals surface area contributed by atoms with Crippen LogP contribution in [0, 0.1) is 5.92 Å². The number of piperidine rings is 1. The minimum atomic E-state index is -3.56. The highest BCUT2D eigenvalue weighted by atomic mass is 35.5. The maximum Gasteiger partial charge on any atom is 0.255 e. The molecule has 0 bridgehead atoms. The highest BCUT2D eigenvalue weighted by Gasteiger charge is 2.35. The minimum absolute atomic E-state index is 0.0188. The number of nitrogens with zero attached hydrogens (tertiary/aromatic N) is 2. The van der Waals surface area contributed by atoms with Crippen molar-refractivity contribution in [3.05, 3.63) is 47.1 Å². The molecule has 38 heavy (non-hydrogen) atoms. The van der Waals surface area contributed by atoms with Gasteiger partial charge in [-0.2, -0.15) is 0 Å². The van der Waals surface area contributed by atoms with Gasteiger partial charge in [0.1, 0.15) is 0 Å². The molecule has 2 fully saturated rings. The first kappa shape index (κ1) is 28.2. The summed E-state index contributed by atoms with van der Waals surface area (Å²) in [6, 6.07) is 7.60. The van der Waals surface area contributed by atoms with Gasteiger partial charge < -0.3 is 15.5 Å². The molecule has 4 rings (SSSR count). The van der Waals surface area contributed by atoms with Crippen molar-refractivity contribution in [2.24, 2.45) is 5.92 Å². The van der Waals surface area contributed by atoms with Gasteiger partial charge in [-0.25, -0.2) is 22.2 Å². The lowest BCUT2D eigenvalue weighted by Gasteiger charge is -2.34. The molecule has 1 saturated heterocycles. The second kappa shape index (κ2) is 11.5. The fraction of sp³-hybridized carbons (Fsp3) is 0.500. The maximum absolute atomic E-state index is 13.4. The number of hydrogen-bond donors (Lipinski definition) is 2. The number of anilines is 2. The summed E-state index contributed by atoms with van der Waals surface area (Å²) < 4.78 is 51.0. The molecule has 1 aliphatic carbocycles. The van der Waals surface area contributed by atoms with Crippen molar-refractivity contribution in [2.45, 2.75) is 61.8 Å². The van der Waals surface area contributed by atoms with Crippen LogP contribution in [-0.2, 0) is 14.6 Å². The van der Waals surface area contributed by atoms with Crippen molar-refractivity contribution in [2.75, 3.05) is 29.6 Å². The van der Waals surface area contributed by atoms with E-state index in [2.05, 4.69) is 15.6 Å². The number of pyridine rings is 1. The van der Waals surface area contributed by atoms with Crippen molar-refractivity contribution >= 4 is 44.8 Å². The van der Waals surface area contributed by atoms with Gasteiger partial charge in [0.05, 0.1) is 10.6 Å². The van der Waals surface area contributed by atoms with E-state index in [1.807, 2.05) is 4.90 Å². The smallest absolute Gasteiger partial charge is 0.255 e. The molecule has 1 saturated carbocycles. The van der Waals surface area contributed by atoms with E-state index in [-0.39, 0.29) is 54.1 Å². The summed E-state index contributed by atoms with van der Waals surface area (Å²) >= 11 is 6.01. The van der Waals surface area contributed by atoms with E-state index in [4.69, 9.17) is 11.6 Å². The molecule has 0 unspecified atom stereocenters. The molecule has 8 nitrogen and oxygen atoms in total. The van der Waals surface area contributed by atoms with Gasteiger partial charge in [-0.3, -0.25) is 9.59 Å². The van der Waals surface area contributed by atoms with Gasteiger partial charge in [0, 0.05) is 61.4 Å². The standard InChI is InChI=1S/C26H31ClF2N4O4S/c1-38(36,37)21-15-22(32-25(35)18-3-2-4-19(27)14-18)24(30-16-21)33-11-7-17(8-12-33)13-23(34)31-20-5-9-26(28,29)10-6-20/h2-4,14-17,20H,5-13H2,1H3,(H,31,34)(H,32,35). The van der Waals surface area contributed by atoms with Crippen LogP contribution in [0.5, 0.6) is 0 Å². The summed E-state index contributed by atoms with van der Waals surface area (Å²) in [5.74, 6) is -2.64. The van der Waals surface area contributed by atoms with Crippen molar-refractivity contribution in [1.29, 1.82) is 0 Å². The largest absolute Gasteiger partial charge is 0.355 e. The van der Waals surface area contributed by atoms with Crippen LogP contribution in [0.3, 0.4) is 0 Å². The Morgan fingerprint density at radius 1 is 1.13 bits per heavy atom. The van der Waals surface area contributed by atoms with Gasteiger partial charge in [0.2, 0.25) is 11.8 Å². The van der Waals surface area contributed by atoms with Gasteiger partial charge in [-0.05, 0) is 55.9 Å². The van der Waals surface area contributed by atoms with E-state index in [1.165, 1.54) is 18.3 Å². The first-order chi connectivity index (χ1) is 17.9. The third-order valence-electron chi connectivity index (χ3n) is 7.08. The quantitative estimate of drug-likeness (QED) is 0.501. The van der Waals surface area contributed by atoms with E-state index in [0.717, 1.165) is 6.26 Å². The first-order valence-corrected chi connectivity index (χ1v) is 14.9.